The Balaban J connectivity index is 1.49. The summed E-state index contributed by atoms with van der Waals surface area (Å²) in [6, 6.07) is 14.1. The van der Waals surface area contributed by atoms with Gasteiger partial charge in [-0.1, -0.05) is 24.3 Å². The fourth-order valence-electron chi connectivity index (χ4n) is 2.48. The summed E-state index contributed by atoms with van der Waals surface area (Å²) in [7, 11) is 1.63. The Morgan fingerprint density at radius 3 is 2.50 bits per heavy atom. The van der Waals surface area contributed by atoms with Crippen LogP contribution in [0.15, 0.2) is 54.7 Å². The second-order valence-corrected chi connectivity index (χ2v) is 6.95. The first-order chi connectivity index (χ1) is 12.6. The Morgan fingerprint density at radius 2 is 1.81 bits per heavy atom. The molecule has 0 saturated carbocycles. The number of thiazole rings is 1. The number of amides is 1. The molecule has 0 aliphatic rings. The van der Waals surface area contributed by atoms with Crippen molar-refractivity contribution in [3.8, 4) is 5.75 Å². The average Bonchev–Trinajstić information content (AvgIpc) is 3.09. The zero-order chi connectivity index (χ0) is 18.4. The maximum Gasteiger partial charge on any atom is 0.226 e. The van der Waals surface area contributed by atoms with Crippen LogP contribution in [0.3, 0.4) is 0 Å². The number of hydrogen-bond acceptors (Lipinski definition) is 4. The van der Waals surface area contributed by atoms with E-state index in [9.17, 15) is 9.18 Å². The largest absolute Gasteiger partial charge is 0.497 e. The monoisotopic (exact) mass is 370 g/mol. The van der Waals surface area contributed by atoms with Gasteiger partial charge in [-0.2, -0.15) is 0 Å². The minimum atomic E-state index is -0.247. The molecule has 0 atom stereocenters. The number of carbonyl (C=O) groups is 1. The van der Waals surface area contributed by atoms with E-state index in [-0.39, 0.29) is 11.7 Å². The van der Waals surface area contributed by atoms with Crippen molar-refractivity contribution in [1.29, 1.82) is 0 Å². The lowest BCUT2D eigenvalue weighted by Crippen LogP contribution is -2.11. The van der Waals surface area contributed by atoms with Crippen molar-refractivity contribution in [2.75, 3.05) is 12.4 Å². The Labute approximate surface area is 155 Å². The van der Waals surface area contributed by atoms with Crippen molar-refractivity contribution in [2.45, 2.75) is 19.3 Å². The maximum absolute atomic E-state index is 12.9. The normalized spacial score (nSPS) is 10.5. The lowest BCUT2D eigenvalue weighted by Gasteiger charge is -2.04. The third-order valence-corrected chi connectivity index (χ3v) is 4.80. The molecule has 134 valence electrons. The molecule has 0 fully saturated rings. The highest BCUT2D eigenvalue weighted by Crippen LogP contribution is 2.22. The van der Waals surface area contributed by atoms with E-state index in [0.29, 0.717) is 24.4 Å². The van der Waals surface area contributed by atoms with E-state index in [1.165, 1.54) is 23.5 Å². The molecule has 1 aromatic heterocycles. The number of anilines is 1. The molecule has 2 aromatic carbocycles. The lowest BCUT2D eigenvalue weighted by atomic mass is 10.1. The molecule has 6 heteroatoms. The summed E-state index contributed by atoms with van der Waals surface area (Å²) in [6.45, 7) is 0. The van der Waals surface area contributed by atoms with Crippen molar-refractivity contribution in [1.82, 2.24) is 4.98 Å². The number of benzene rings is 2. The van der Waals surface area contributed by atoms with Crippen LogP contribution in [0.1, 0.15) is 22.4 Å². The third kappa shape index (κ3) is 5.13. The van der Waals surface area contributed by atoms with Gasteiger partial charge in [0.05, 0.1) is 7.11 Å². The molecule has 0 spiro atoms. The second-order valence-electron chi connectivity index (χ2n) is 5.83. The topological polar surface area (TPSA) is 51.2 Å². The van der Waals surface area contributed by atoms with Crippen molar-refractivity contribution >= 4 is 22.4 Å². The first kappa shape index (κ1) is 18.1. The Kier molecular flexibility index (Phi) is 5.96. The zero-order valence-electron chi connectivity index (χ0n) is 14.4. The summed E-state index contributed by atoms with van der Waals surface area (Å²) in [5.41, 5.74) is 2.09. The van der Waals surface area contributed by atoms with Gasteiger partial charge >= 0.3 is 0 Å². The smallest absolute Gasteiger partial charge is 0.226 e. The minimum Gasteiger partial charge on any atom is -0.497 e. The fraction of sp³-hybridized carbons (Fsp3) is 0.200. The highest BCUT2D eigenvalue weighted by atomic mass is 32.1. The van der Waals surface area contributed by atoms with Gasteiger partial charge in [-0.25, -0.2) is 9.37 Å². The Bertz CT molecular complexity index is 860. The SMILES string of the molecule is COc1ccc(CCC(=O)Nc2ncc(Cc3ccc(F)cc3)s2)cc1. The summed E-state index contributed by atoms with van der Waals surface area (Å²) in [5.74, 6) is 0.487. The minimum absolute atomic E-state index is 0.0662. The second kappa shape index (κ2) is 8.58. The summed E-state index contributed by atoms with van der Waals surface area (Å²) in [4.78, 5) is 17.4. The van der Waals surface area contributed by atoms with Crippen LogP contribution in [-0.2, 0) is 17.6 Å². The van der Waals surface area contributed by atoms with E-state index < -0.39 is 0 Å². The van der Waals surface area contributed by atoms with Crippen LogP contribution < -0.4 is 10.1 Å². The molecule has 0 unspecified atom stereocenters. The quantitative estimate of drug-likeness (QED) is 0.668. The molecule has 0 aliphatic carbocycles. The molecule has 4 nitrogen and oxygen atoms in total. The van der Waals surface area contributed by atoms with Gasteiger partial charge in [-0.15, -0.1) is 11.3 Å². The van der Waals surface area contributed by atoms with E-state index in [1.54, 1.807) is 25.4 Å². The number of rotatable bonds is 7. The standard InChI is InChI=1S/C20H19FN2O2S/c1-25-17-9-4-14(5-10-17)6-11-19(24)23-20-22-13-18(26-20)12-15-2-7-16(21)8-3-15/h2-5,7-10,13H,6,11-12H2,1H3,(H,22,23,24). The third-order valence-electron chi connectivity index (χ3n) is 3.89. The number of nitrogens with one attached hydrogen (secondary N) is 1. The van der Waals surface area contributed by atoms with Gasteiger partial charge in [0.15, 0.2) is 5.13 Å². The van der Waals surface area contributed by atoms with Crippen LogP contribution in [0, 0.1) is 5.82 Å². The zero-order valence-corrected chi connectivity index (χ0v) is 15.2. The number of aromatic nitrogens is 1. The molecule has 0 radical (unpaired) electrons. The van der Waals surface area contributed by atoms with E-state index in [2.05, 4.69) is 10.3 Å². The molecule has 0 saturated heterocycles. The van der Waals surface area contributed by atoms with E-state index >= 15 is 0 Å². The average molecular weight is 370 g/mol. The molecule has 1 heterocycles. The molecule has 26 heavy (non-hydrogen) atoms. The van der Waals surface area contributed by atoms with Gasteiger partial charge in [-0.3, -0.25) is 4.79 Å². The lowest BCUT2D eigenvalue weighted by molar-refractivity contribution is -0.116. The van der Waals surface area contributed by atoms with Crippen LogP contribution >= 0.6 is 11.3 Å². The fourth-order valence-corrected chi connectivity index (χ4v) is 3.35. The van der Waals surface area contributed by atoms with Crippen molar-refractivity contribution in [3.63, 3.8) is 0 Å². The molecule has 1 amide bonds. The Hall–Kier alpha value is -2.73. The summed E-state index contributed by atoms with van der Waals surface area (Å²) in [6.07, 6.45) is 3.45. The molecule has 1 N–H and O–H groups in total. The van der Waals surface area contributed by atoms with Crippen LogP contribution in [0.25, 0.3) is 0 Å². The van der Waals surface area contributed by atoms with Crippen LogP contribution in [0.4, 0.5) is 9.52 Å². The van der Waals surface area contributed by atoms with E-state index in [0.717, 1.165) is 21.8 Å². The van der Waals surface area contributed by atoms with Crippen LogP contribution in [-0.4, -0.2) is 18.0 Å². The highest BCUT2D eigenvalue weighted by molar-refractivity contribution is 7.15. The van der Waals surface area contributed by atoms with Crippen molar-refractivity contribution in [2.24, 2.45) is 0 Å². The van der Waals surface area contributed by atoms with Gasteiger partial charge in [0.2, 0.25) is 5.91 Å². The summed E-state index contributed by atoms with van der Waals surface area (Å²) < 4.78 is 18.1. The predicted molar refractivity (Wildman–Crippen MR) is 101 cm³/mol. The maximum atomic E-state index is 12.9. The van der Waals surface area contributed by atoms with Gasteiger partial charge in [-0.05, 0) is 41.8 Å². The highest BCUT2D eigenvalue weighted by Gasteiger charge is 2.08. The molecule has 0 aliphatic heterocycles. The number of carbonyl (C=O) groups excluding carboxylic acids is 1. The Morgan fingerprint density at radius 1 is 1.12 bits per heavy atom. The number of ether oxygens (including phenoxy) is 1. The number of hydrogen-bond donors (Lipinski definition) is 1. The molecular weight excluding hydrogens is 351 g/mol. The molecule has 0 bridgehead atoms. The molecular formula is C20H19FN2O2S. The van der Waals surface area contributed by atoms with Crippen molar-refractivity contribution < 1.29 is 13.9 Å². The number of methoxy groups -OCH3 is 1. The van der Waals surface area contributed by atoms with Gasteiger partial charge in [0.1, 0.15) is 11.6 Å². The molecule has 3 rings (SSSR count). The summed E-state index contributed by atoms with van der Waals surface area (Å²) >= 11 is 1.43. The van der Waals surface area contributed by atoms with Crippen molar-refractivity contribution in [3.05, 3.63) is 76.5 Å². The van der Waals surface area contributed by atoms with Crippen LogP contribution in [0.2, 0.25) is 0 Å². The van der Waals surface area contributed by atoms with Gasteiger partial charge in [0.25, 0.3) is 0 Å². The first-order valence-electron chi connectivity index (χ1n) is 8.24. The molecule has 3 aromatic rings. The number of aryl methyl sites for hydroxylation is 1. The number of nitrogens with zero attached hydrogens (tertiary/aromatic N) is 1. The number of halogens is 1. The summed E-state index contributed by atoms with van der Waals surface area (Å²) in [5, 5.41) is 3.42. The van der Waals surface area contributed by atoms with Crippen LogP contribution in [0.5, 0.6) is 5.75 Å². The van der Waals surface area contributed by atoms with E-state index in [4.69, 9.17) is 4.74 Å². The van der Waals surface area contributed by atoms with Gasteiger partial charge in [0, 0.05) is 23.9 Å². The van der Waals surface area contributed by atoms with E-state index in [1.807, 2.05) is 24.3 Å². The predicted octanol–water partition coefficient (Wildman–Crippen LogP) is 4.45. The van der Waals surface area contributed by atoms with Gasteiger partial charge < -0.3 is 10.1 Å². The first-order valence-corrected chi connectivity index (χ1v) is 9.06.